The molecule has 64 valence electrons. The second-order valence-corrected chi connectivity index (χ2v) is 1.53. The maximum absolute atomic E-state index is 11.9. The third kappa shape index (κ3) is 2.44. The van der Waals surface area contributed by atoms with Crippen molar-refractivity contribution in [2.45, 2.75) is 6.18 Å². The summed E-state index contributed by atoms with van der Waals surface area (Å²) in [5, 5.41) is 7.70. The van der Waals surface area contributed by atoms with Gasteiger partial charge in [-0.1, -0.05) is 0 Å². The number of carboxylic acids is 1. The van der Waals surface area contributed by atoms with Gasteiger partial charge in [0.2, 0.25) is 5.83 Å². The van der Waals surface area contributed by atoms with Gasteiger partial charge in [0.25, 0.3) is 0 Å². The van der Waals surface area contributed by atoms with Crippen LogP contribution < -0.4 is 5.73 Å². The van der Waals surface area contributed by atoms with Crippen LogP contribution in [0.3, 0.4) is 0 Å². The number of hydrogen-bond donors (Lipinski definition) is 2. The molecule has 0 aliphatic heterocycles. The van der Waals surface area contributed by atoms with E-state index in [2.05, 4.69) is 5.73 Å². The van der Waals surface area contributed by atoms with Crippen LogP contribution in [0.5, 0.6) is 0 Å². The zero-order valence-electron chi connectivity index (χ0n) is 4.94. The van der Waals surface area contributed by atoms with Gasteiger partial charge in [-0.05, 0) is 0 Å². The molecule has 3 N–H and O–H groups in total. The van der Waals surface area contributed by atoms with Gasteiger partial charge >= 0.3 is 12.1 Å². The van der Waals surface area contributed by atoms with Gasteiger partial charge in [0, 0.05) is 0 Å². The lowest BCUT2D eigenvalue weighted by atomic mass is 10.4. The second-order valence-electron chi connectivity index (χ2n) is 1.53. The van der Waals surface area contributed by atoms with Gasteiger partial charge in [-0.25, -0.2) is 4.79 Å². The SMILES string of the molecule is N/C(=C(/F)C(=O)O)C(F)(F)F. The lowest BCUT2D eigenvalue weighted by molar-refractivity contribution is -0.136. The molecule has 0 atom stereocenters. The van der Waals surface area contributed by atoms with E-state index in [9.17, 15) is 22.4 Å². The van der Waals surface area contributed by atoms with E-state index < -0.39 is 23.7 Å². The Kier molecular flexibility index (Phi) is 2.45. The number of carboxylic acid groups (broad SMARTS) is 1. The molecule has 0 fully saturated rings. The Bertz CT molecular complexity index is 207. The van der Waals surface area contributed by atoms with Crippen LogP contribution in [0.1, 0.15) is 0 Å². The molecule has 0 aromatic carbocycles. The van der Waals surface area contributed by atoms with Gasteiger partial charge < -0.3 is 10.8 Å². The lowest BCUT2D eigenvalue weighted by Gasteiger charge is -2.04. The number of aliphatic carboxylic acids is 1. The third-order valence-electron chi connectivity index (χ3n) is 0.730. The standard InChI is InChI=1S/C4H3F4NO2/c5-1(3(10)11)2(9)4(6,7)8/h9H2,(H,10,11)/b2-1+. The normalized spacial score (nSPS) is 14.2. The average molecular weight is 173 g/mol. The van der Waals surface area contributed by atoms with Crippen molar-refractivity contribution in [3.05, 3.63) is 11.5 Å². The van der Waals surface area contributed by atoms with E-state index in [4.69, 9.17) is 5.11 Å². The highest BCUT2D eigenvalue weighted by Crippen LogP contribution is 2.24. The van der Waals surface area contributed by atoms with Crippen LogP contribution in [0, 0.1) is 0 Å². The van der Waals surface area contributed by atoms with Crippen molar-refractivity contribution in [1.29, 1.82) is 0 Å². The molecule has 0 aliphatic rings. The summed E-state index contributed by atoms with van der Waals surface area (Å²) in [6, 6.07) is 0. The van der Waals surface area contributed by atoms with Crippen molar-refractivity contribution in [3.8, 4) is 0 Å². The highest BCUT2D eigenvalue weighted by molar-refractivity contribution is 5.84. The molecular weight excluding hydrogens is 170 g/mol. The first-order valence-corrected chi connectivity index (χ1v) is 2.22. The predicted octanol–water partition coefficient (Wildman–Crippen LogP) is 0.773. The molecule has 0 aromatic heterocycles. The number of alkyl halides is 3. The monoisotopic (exact) mass is 173 g/mol. The Balaban J connectivity index is 4.82. The van der Waals surface area contributed by atoms with Crippen molar-refractivity contribution in [2.75, 3.05) is 0 Å². The summed E-state index contributed by atoms with van der Waals surface area (Å²) in [5.41, 5.74) is 1.86. The fourth-order valence-corrected chi connectivity index (χ4v) is 0.240. The minimum Gasteiger partial charge on any atom is -0.476 e. The average Bonchev–Trinajstić information content (AvgIpc) is 1.82. The molecule has 0 saturated carbocycles. The quantitative estimate of drug-likeness (QED) is 0.454. The van der Waals surface area contributed by atoms with Crippen molar-refractivity contribution >= 4 is 5.97 Å². The molecule has 0 saturated heterocycles. The van der Waals surface area contributed by atoms with E-state index in [-0.39, 0.29) is 0 Å². The largest absolute Gasteiger partial charge is 0.476 e. The zero-order valence-corrected chi connectivity index (χ0v) is 4.94. The van der Waals surface area contributed by atoms with Gasteiger partial charge in [0.15, 0.2) is 5.70 Å². The minimum atomic E-state index is -5.14. The summed E-state index contributed by atoms with van der Waals surface area (Å²) in [7, 11) is 0. The van der Waals surface area contributed by atoms with Crippen LogP contribution in [-0.4, -0.2) is 17.3 Å². The molecule has 0 bridgehead atoms. The molecule has 0 unspecified atom stereocenters. The van der Waals surface area contributed by atoms with E-state index in [1.165, 1.54) is 0 Å². The van der Waals surface area contributed by atoms with E-state index in [1.807, 2.05) is 0 Å². The summed E-state index contributed by atoms with van der Waals surface area (Å²) in [4.78, 5) is 9.57. The van der Waals surface area contributed by atoms with Gasteiger partial charge in [0.05, 0.1) is 0 Å². The lowest BCUT2D eigenvalue weighted by Crippen LogP contribution is -2.23. The fraction of sp³-hybridized carbons (Fsp3) is 0.250. The predicted molar refractivity (Wildman–Crippen MR) is 26.0 cm³/mol. The van der Waals surface area contributed by atoms with Crippen molar-refractivity contribution < 1.29 is 27.5 Å². The van der Waals surface area contributed by atoms with E-state index in [1.54, 1.807) is 0 Å². The Morgan fingerprint density at radius 3 is 1.82 bits per heavy atom. The molecule has 0 aromatic rings. The Morgan fingerprint density at radius 2 is 1.73 bits per heavy atom. The van der Waals surface area contributed by atoms with E-state index >= 15 is 0 Å². The summed E-state index contributed by atoms with van der Waals surface area (Å²) in [6.45, 7) is 0. The van der Waals surface area contributed by atoms with E-state index in [0.29, 0.717) is 0 Å². The molecule has 0 heterocycles. The van der Waals surface area contributed by atoms with E-state index in [0.717, 1.165) is 0 Å². The smallest absolute Gasteiger partial charge is 0.433 e. The van der Waals surface area contributed by atoms with Crippen molar-refractivity contribution in [1.82, 2.24) is 0 Å². The Hall–Kier alpha value is -1.27. The summed E-state index contributed by atoms with van der Waals surface area (Å²) in [5.74, 6) is -4.72. The first-order chi connectivity index (χ1) is 4.76. The second kappa shape index (κ2) is 2.77. The molecule has 0 aliphatic carbocycles. The first-order valence-electron chi connectivity index (χ1n) is 2.22. The minimum absolute atomic E-state index is 2.23. The maximum Gasteiger partial charge on any atom is 0.433 e. The van der Waals surface area contributed by atoms with Crippen LogP contribution in [0.2, 0.25) is 0 Å². The zero-order chi connectivity index (χ0) is 9.23. The molecular formula is C4H3F4NO2. The number of nitrogens with two attached hydrogens (primary N) is 1. The van der Waals surface area contributed by atoms with Gasteiger partial charge in [-0.15, -0.1) is 0 Å². The number of allylic oxidation sites excluding steroid dienone is 1. The van der Waals surface area contributed by atoms with Crippen LogP contribution in [0.4, 0.5) is 17.6 Å². The van der Waals surface area contributed by atoms with Crippen LogP contribution in [-0.2, 0) is 4.79 Å². The van der Waals surface area contributed by atoms with Crippen LogP contribution >= 0.6 is 0 Å². The van der Waals surface area contributed by atoms with Crippen LogP contribution in [0.15, 0.2) is 11.5 Å². The van der Waals surface area contributed by atoms with Crippen molar-refractivity contribution in [2.24, 2.45) is 5.73 Å². The molecule has 0 radical (unpaired) electrons. The van der Waals surface area contributed by atoms with Gasteiger partial charge in [-0.3, -0.25) is 0 Å². The highest BCUT2D eigenvalue weighted by atomic mass is 19.4. The fourth-order valence-electron chi connectivity index (χ4n) is 0.240. The first kappa shape index (κ1) is 9.73. The number of carbonyl (C=O) groups is 1. The highest BCUT2D eigenvalue weighted by Gasteiger charge is 2.36. The maximum atomic E-state index is 11.9. The van der Waals surface area contributed by atoms with Gasteiger partial charge in [-0.2, -0.15) is 17.6 Å². The molecule has 7 heteroatoms. The molecule has 11 heavy (non-hydrogen) atoms. The van der Waals surface area contributed by atoms with Gasteiger partial charge in [0.1, 0.15) is 0 Å². The Labute approximate surface area is 58.1 Å². The third-order valence-corrected chi connectivity index (χ3v) is 0.730. The number of halogens is 4. The van der Waals surface area contributed by atoms with Crippen LogP contribution in [0.25, 0.3) is 0 Å². The summed E-state index contributed by atoms with van der Waals surface area (Å²) < 4.78 is 46.0. The Morgan fingerprint density at radius 1 is 1.36 bits per heavy atom. The molecule has 3 nitrogen and oxygen atoms in total. The molecule has 0 spiro atoms. The summed E-state index contributed by atoms with van der Waals surface area (Å²) >= 11 is 0. The summed E-state index contributed by atoms with van der Waals surface area (Å²) in [6.07, 6.45) is -5.14. The number of hydrogen-bond acceptors (Lipinski definition) is 2. The topological polar surface area (TPSA) is 63.3 Å². The number of rotatable bonds is 1. The van der Waals surface area contributed by atoms with Crippen molar-refractivity contribution in [3.63, 3.8) is 0 Å². The molecule has 0 amide bonds. The molecule has 0 rings (SSSR count).